The van der Waals surface area contributed by atoms with Gasteiger partial charge in [-0.05, 0) is 61.4 Å². The molecule has 0 unspecified atom stereocenters. The predicted molar refractivity (Wildman–Crippen MR) is 125 cm³/mol. The van der Waals surface area contributed by atoms with Gasteiger partial charge in [-0.3, -0.25) is 0 Å². The first-order valence-electron chi connectivity index (χ1n) is 10.1. The van der Waals surface area contributed by atoms with E-state index < -0.39 is 0 Å². The van der Waals surface area contributed by atoms with Crippen molar-refractivity contribution < 1.29 is 29.2 Å². The van der Waals surface area contributed by atoms with Gasteiger partial charge in [0.25, 0.3) is 0 Å². The van der Waals surface area contributed by atoms with Gasteiger partial charge in [0.05, 0.1) is 26.9 Å². The van der Waals surface area contributed by atoms with Crippen molar-refractivity contribution >= 4 is 0 Å². The van der Waals surface area contributed by atoms with E-state index in [4.69, 9.17) is 18.9 Å². The van der Waals surface area contributed by atoms with Crippen LogP contribution in [0.4, 0.5) is 0 Å². The Kier molecular flexibility index (Phi) is 7.15. The van der Waals surface area contributed by atoms with E-state index >= 15 is 0 Å². The molecule has 3 aromatic carbocycles. The van der Waals surface area contributed by atoms with Crippen molar-refractivity contribution in [2.24, 2.45) is 0 Å². The molecule has 0 atom stereocenters. The fourth-order valence-corrected chi connectivity index (χ4v) is 3.37. The molecule has 6 nitrogen and oxygen atoms in total. The molecule has 0 aliphatic rings. The topological polar surface area (TPSA) is 77.4 Å². The van der Waals surface area contributed by atoms with E-state index in [9.17, 15) is 10.2 Å². The van der Waals surface area contributed by atoms with Crippen molar-refractivity contribution in [2.45, 2.75) is 13.8 Å². The van der Waals surface area contributed by atoms with Crippen molar-refractivity contribution in [3.05, 3.63) is 60.2 Å². The van der Waals surface area contributed by atoms with Crippen molar-refractivity contribution in [1.29, 1.82) is 0 Å². The summed E-state index contributed by atoms with van der Waals surface area (Å²) in [7, 11) is 4.61. The SMILES string of the molecule is COc1cc(-c2c(OC)cc(-c3ccc(O)cc3)c(OC)c2O)ccc1OCC=C(C)C. The van der Waals surface area contributed by atoms with E-state index in [1.165, 1.54) is 7.11 Å². The number of hydrogen-bond acceptors (Lipinski definition) is 6. The van der Waals surface area contributed by atoms with Gasteiger partial charge in [0.1, 0.15) is 18.1 Å². The predicted octanol–water partition coefficient (Wildman–Crippen LogP) is 5.80. The second-order valence-electron chi connectivity index (χ2n) is 7.39. The Balaban J connectivity index is 2.11. The van der Waals surface area contributed by atoms with Gasteiger partial charge in [-0.25, -0.2) is 0 Å². The molecule has 0 saturated carbocycles. The van der Waals surface area contributed by atoms with Gasteiger partial charge >= 0.3 is 0 Å². The number of hydrogen-bond donors (Lipinski definition) is 2. The molecule has 0 fully saturated rings. The van der Waals surface area contributed by atoms with Gasteiger partial charge in [-0.15, -0.1) is 0 Å². The van der Waals surface area contributed by atoms with Crippen LogP contribution in [0.1, 0.15) is 13.8 Å². The lowest BCUT2D eigenvalue weighted by Crippen LogP contribution is -1.98. The van der Waals surface area contributed by atoms with Crippen LogP contribution < -0.4 is 18.9 Å². The van der Waals surface area contributed by atoms with Crippen LogP contribution >= 0.6 is 0 Å². The van der Waals surface area contributed by atoms with E-state index in [0.717, 1.165) is 11.1 Å². The van der Waals surface area contributed by atoms with E-state index in [1.54, 1.807) is 56.7 Å². The fourth-order valence-electron chi connectivity index (χ4n) is 3.37. The van der Waals surface area contributed by atoms with E-state index in [-0.39, 0.29) is 11.5 Å². The standard InChI is InChI=1S/C26H28O6/c1-16(2)12-13-32-21-11-8-18(14-22(21)29-3)24-23(30-4)15-20(26(31-5)25(24)28)17-6-9-19(27)10-7-17/h6-12,14-15,27-28H,13H2,1-5H3. The third kappa shape index (κ3) is 4.75. The van der Waals surface area contributed by atoms with Gasteiger partial charge in [-0.1, -0.05) is 23.8 Å². The molecule has 3 rings (SSSR count). The van der Waals surface area contributed by atoms with Crippen LogP contribution in [0.3, 0.4) is 0 Å². The molecule has 6 heteroatoms. The van der Waals surface area contributed by atoms with Crippen LogP contribution in [-0.2, 0) is 0 Å². The lowest BCUT2D eigenvalue weighted by atomic mass is 9.96. The fraction of sp³-hybridized carbons (Fsp3) is 0.231. The number of allylic oxidation sites excluding steroid dienone is 1. The zero-order chi connectivity index (χ0) is 23.3. The molecule has 0 bridgehead atoms. The van der Waals surface area contributed by atoms with Crippen molar-refractivity contribution in [2.75, 3.05) is 27.9 Å². The summed E-state index contributed by atoms with van der Waals surface area (Å²) >= 11 is 0. The molecule has 0 heterocycles. The largest absolute Gasteiger partial charge is 0.508 e. The minimum absolute atomic E-state index is 0.0600. The number of aromatic hydroxyl groups is 2. The molecule has 32 heavy (non-hydrogen) atoms. The van der Waals surface area contributed by atoms with Crippen molar-refractivity contribution in [3.8, 4) is 56.8 Å². The molecule has 0 amide bonds. The van der Waals surface area contributed by atoms with Gasteiger partial charge in [0.15, 0.2) is 23.0 Å². The van der Waals surface area contributed by atoms with Crippen LogP contribution in [0.5, 0.6) is 34.5 Å². The molecular formula is C26H28O6. The van der Waals surface area contributed by atoms with Crippen molar-refractivity contribution in [3.63, 3.8) is 0 Å². The number of phenols is 2. The van der Waals surface area contributed by atoms with Gasteiger partial charge in [-0.2, -0.15) is 0 Å². The first-order valence-corrected chi connectivity index (χ1v) is 10.1. The smallest absolute Gasteiger partial charge is 0.170 e. The maximum Gasteiger partial charge on any atom is 0.170 e. The maximum atomic E-state index is 11.2. The molecular weight excluding hydrogens is 408 g/mol. The van der Waals surface area contributed by atoms with Crippen LogP contribution in [0.15, 0.2) is 60.2 Å². The third-order valence-corrected chi connectivity index (χ3v) is 5.00. The molecule has 0 spiro atoms. The summed E-state index contributed by atoms with van der Waals surface area (Å²) in [6, 6.07) is 13.8. The number of phenolic OH excluding ortho intramolecular Hbond substituents is 2. The third-order valence-electron chi connectivity index (χ3n) is 5.00. The molecule has 0 radical (unpaired) electrons. The highest BCUT2D eigenvalue weighted by Gasteiger charge is 2.22. The molecule has 0 aromatic heterocycles. The van der Waals surface area contributed by atoms with Gasteiger partial charge in [0, 0.05) is 5.56 Å². The summed E-state index contributed by atoms with van der Waals surface area (Å²) in [5, 5.41) is 20.8. The van der Waals surface area contributed by atoms with E-state index in [2.05, 4.69) is 0 Å². The quantitative estimate of drug-likeness (QED) is 0.435. The number of rotatable bonds is 8. The van der Waals surface area contributed by atoms with Crippen LogP contribution in [-0.4, -0.2) is 38.1 Å². The zero-order valence-corrected chi connectivity index (χ0v) is 18.9. The Morgan fingerprint density at radius 3 is 2.03 bits per heavy atom. The number of methoxy groups -OCH3 is 3. The summed E-state index contributed by atoms with van der Waals surface area (Å²) in [5.41, 5.74) is 3.72. The first kappa shape index (κ1) is 22.9. The summed E-state index contributed by atoms with van der Waals surface area (Å²) in [4.78, 5) is 0. The van der Waals surface area contributed by atoms with Crippen LogP contribution in [0, 0.1) is 0 Å². The molecule has 0 aliphatic carbocycles. The normalized spacial score (nSPS) is 10.4. The average molecular weight is 437 g/mol. The summed E-state index contributed by atoms with van der Waals surface area (Å²) < 4.78 is 22.5. The minimum atomic E-state index is -0.0600. The highest BCUT2D eigenvalue weighted by atomic mass is 16.5. The zero-order valence-electron chi connectivity index (χ0n) is 18.9. The van der Waals surface area contributed by atoms with Crippen LogP contribution in [0.25, 0.3) is 22.3 Å². The molecule has 0 aliphatic heterocycles. The number of ether oxygens (including phenoxy) is 4. The van der Waals surface area contributed by atoms with Gasteiger partial charge < -0.3 is 29.2 Å². The maximum absolute atomic E-state index is 11.2. The second kappa shape index (κ2) is 10.0. The van der Waals surface area contributed by atoms with Crippen molar-refractivity contribution in [1.82, 2.24) is 0 Å². The number of benzene rings is 3. The monoisotopic (exact) mass is 436 g/mol. The molecule has 168 valence electrons. The Hall–Kier alpha value is -3.80. The first-order chi connectivity index (χ1) is 15.4. The summed E-state index contributed by atoms with van der Waals surface area (Å²) in [6.45, 7) is 4.45. The lowest BCUT2D eigenvalue weighted by Gasteiger charge is -2.19. The van der Waals surface area contributed by atoms with Gasteiger partial charge in [0.2, 0.25) is 0 Å². The Labute approximate surface area is 188 Å². The molecule has 3 aromatic rings. The highest BCUT2D eigenvalue weighted by molar-refractivity contribution is 5.88. The minimum Gasteiger partial charge on any atom is -0.508 e. The Morgan fingerprint density at radius 1 is 0.781 bits per heavy atom. The second-order valence-corrected chi connectivity index (χ2v) is 7.39. The highest BCUT2D eigenvalue weighted by Crippen LogP contribution is 2.50. The lowest BCUT2D eigenvalue weighted by molar-refractivity contribution is 0.326. The summed E-state index contributed by atoms with van der Waals surface area (Å²) in [6.07, 6.45) is 1.98. The molecule has 0 saturated heterocycles. The average Bonchev–Trinajstić information content (AvgIpc) is 2.79. The Bertz CT molecular complexity index is 1110. The Morgan fingerprint density at radius 2 is 1.44 bits per heavy atom. The molecule has 2 N–H and O–H groups in total. The summed E-state index contributed by atoms with van der Waals surface area (Å²) in [5.74, 6) is 1.99. The van der Waals surface area contributed by atoms with Crippen LogP contribution in [0.2, 0.25) is 0 Å². The van der Waals surface area contributed by atoms with E-state index in [0.29, 0.717) is 46.3 Å². The van der Waals surface area contributed by atoms with E-state index in [1.807, 2.05) is 26.0 Å².